The van der Waals surface area contributed by atoms with E-state index in [1.165, 1.54) is 21.0 Å². The number of hydrogen-bond acceptors (Lipinski definition) is 4. The molecule has 0 bridgehead atoms. The van der Waals surface area contributed by atoms with Crippen molar-refractivity contribution in [3.8, 4) is 5.75 Å². The third-order valence-corrected chi connectivity index (χ3v) is 2.78. The lowest BCUT2D eigenvalue weighted by Crippen LogP contribution is -2.35. The zero-order valence-corrected chi connectivity index (χ0v) is 11.9. The molecule has 0 aliphatic rings. The van der Waals surface area contributed by atoms with Crippen molar-refractivity contribution in [2.75, 3.05) is 12.4 Å². The highest BCUT2D eigenvalue weighted by Gasteiger charge is 2.15. The summed E-state index contributed by atoms with van der Waals surface area (Å²) < 4.78 is 5.00. The fourth-order valence-corrected chi connectivity index (χ4v) is 1.39. The highest BCUT2D eigenvalue weighted by atomic mass is 16.5. The second kappa shape index (κ2) is 7.09. The molecule has 0 atom stereocenters. The van der Waals surface area contributed by atoms with E-state index in [0.29, 0.717) is 11.4 Å². The molecule has 0 saturated carbocycles. The first kappa shape index (κ1) is 16.2. The van der Waals surface area contributed by atoms with E-state index in [2.05, 4.69) is 10.6 Å². The fourth-order valence-electron chi connectivity index (χ4n) is 1.39. The number of amides is 3. The monoisotopic (exact) mass is 292 g/mol. The predicted molar refractivity (Wildman–Crippen MR) is 76.2 cm³/mol. The van der Waals surface area contributed by atoms with E-state index >= 15 is 0 Å². The van der Waals surface area contributed by atoms with Crippen LogP contribution in [0.2, 0.25) is 0 Å². The van der Waals surface area contributed by atoms with Crippen molar-refractivity contribution >= 4 is 23.6 Å². The first-order chi connectivity index (χ1) is 9.85. The number of aliphatic carboxylic acids is 1. The minimum absolute atomic E-state index is 0.0386. The molecule has 0 aliphatic heterocycles. The molecule has 0 radical (unpaired) electrons. The average molecular weight is 292 g/mol. The maximum atomic E-state index is 11.7. The molecule has 7 nitrogen and oxygen atoms in total. The fraction of sp³-hybridized carbons (Fsp3) is 0.214. The third-order valence-electron chi connectivity index (χ3n) is 2.78. The molecule has 1 rings (SSSR count). The summed E-state index contributed by atoms with van der Waals surface area (Å²) in [4.78, 5) is 34.1. The first-order valence-electron chi connectivity index (χ1n) is 6.02. The molecule has 0 unspecified atom stereocenters. The topological polar surface area (TPSA) is 105 Å². The minimum Gasteiger partial charge on any atom is -0.497 e. The van der Waals surface area contributed by atoms with Crippen LogP contribution in [0, 0.1) is 0 Å². The normalized spacial score (nSPS) is 11.2. The van der Waals surface area contributed by atoms with E-state index in [1.54, 1.807) is 24.3 Å². The number of methoxy groups -OCH3 is 1. The number of nitrogens with one attached hydrogen (secondary N) is 2. The van der Waals surface area contributed by atoms with Crippen LogP contribution in [0.25, 0.3) is 0 Å². The number of anilines is 1. The summed E-state index contributed by atoms with van der Waals surface area (Å²) in [6.07, 6.45) is 0. The van der Waals surface area contributed by atoms with Crippen LogP contribution >= 0.6 is 0 Å². The van der Waals surface area contributed by atoms with Gasteiger partial charge in [0.15, 0.2) is 0 Å². The molecule has 3 N–H and O–H groups in total. The summed E-state index contributed by atoms with van der Waals surface area (Å²) in [6, 6.07) is 5.83. The van der Waals surface area contributed by atoms with Gasteiger partial charge in [0, 0.05) is 22.9 Å². The summed E-state index contributed by atoms with van der Waals surface area (Å²) >= 11 is 0. The second-order valence-electron chi connectivity index (χ2n) is 4.20. The van der Waals surface area contributed by atoms with Gasteiger partial charge < -0.3 is 15.2 Å². The van der Waals surface area contributed by atoms with Gasteiger partial charge in [0.2, 0.25) is 0 Å². The van der Waals surface area contributed by atoms with Crippen LogP contribution in [0.5, 0.6) is 5.75 Å². The van der Waals surface area contributed by atoms with Crippen molar-refractivity contribution in [3.63, 3.8) is 0 Å². The van der Waals surface area contributed by atoms with Crippen LogP contribution < -0.4 is 15.4 Å². The van der Waals surface area contributed by atoms with Crippen molar-refractivity contribution < 1.29 is 24.2 Å². The molecule has 0 saturated heterocycles. The Hall–Kier alpha value is -2.83. The number of carbonyl (C=O) groups is 3. The predicted octanol–water partition coefficient (Wildman–Crippen LogP) is 1.76. The number of urea groups is 1. The van der Waals surface area contributed by atoms with Crippen LogP contribution in [0.4, 0.5) is 10.5 Å². The molecule has 1 aromatic rings. The lowest BCUT2D eigenvalue weighted by molar-refractivity contribution is -0.133. The van der Waals surface area contributed by atoms with Gasteiger partial charge in [0.1, 0.15) is 5.75 Å². The first-order valence-corrected chi connectivity index (χ1v) is 6.02. The molecule has 21 heavy (non-hydrogen) atoms. The Bertz CT molecular complexity index is 607. The van der Waals surface area contributed by atoms with Crippen LogP contribution in [-0.4, -0.2) is 30.1 Å². The molecule has 3 amide bonds. The second-order valence-corrected chi connectivity index (χ2v) is 4.20. The van der Waals surface area contributed by atoms with Crippen LogP contribution in [0.3, 0.4) is 0 Å². The SMILES string of the molecule is COc1cccc(NC(=O)NC(=O)C(C)=C(C)C(=O)O)c1. The van der Waals surface area contributed by atoms with Crippen molar-refractivity contribution in [2.24, 2.45) is 0 Å². The van der Waals surface area contributed by atoms with Gasteiger partial charge in [-0.15, -0.1) is 0 Å². The van der Waals surface area contributed by atoms with Crippen molar-refractivity contribution in [1.29, 1.82) is 0 Å². The van der Waals surface area contributed by atoms with Crippen LogP contribution in [-0.2, 0) is 9.59 Å². The zero-order valence-electron chi connectivity index (χ0n) is 11.9. The highest BCUT2D eigenvalue weighted by molar-refractivity contribution is 6.10. The molecule has 1 aromatic carbocycles. The van der Waals surface area contributed by atoms with Gasteiger partial charge >= 0.3 is 12.0 Å². The molecular weight excluding hydrogens is 276 g/mol. The Morgan fingerprint density at radius 2 is 1.81 bits per heavy atom. The molecule has 0 heterocycles. The number of benzene rings is 1. The van der Waals surface area contributed by atoms with Gasteiger partial charge in [-0.25, -0.2) is 9.59 Å². The maximum absolute atomic E-state index is 11.7. The number of rotatable bonds is 4. The molecule has 0 fully saturated rings. The van der Waals surface area contributed by atoms with Gasteiger partial charge in [-0.1, -0.05) is 6.07 Å². The Labute approximate surface area is 121 Å². The zero-order chi connectivity index (χ0) is 16.0. The standard InChI is InChI=1S/C14H16N2O5/c1-8(9(2)13(18)19)12(17)16-14(20)15-10-5-4-6-11(7-10)21-3/h4-7H,1-3H3,(H,18,19)(H2,15,16,17,20). The lowest BCUT2D eigenvalue weighted by atomic mass is 10.1. The number of ether oxygens (including phenoxy) is 1. The smallest absolute Gasteiger partial charge is 0.331 e. The van der Waals surface area contributed by atoms with Gasteiger partial charge in [-0.3, -0.25) is 10.1 Å². The number of carboxylic acid groups (broad SMARTS) is 1. The summed E-state index contributed by atoms with van der Waals surface area (Å²) in [5, 5.41) is 13.3. The van der Waals surface area contributed by atoms with E-state index in [-0.39, 0.29) is 11.1 Å². The Balaban J connectivity index is 2.71. The Morgan fingerprint density at radius 1 is 1.14 bits per heavy atom. The molecular formula is C14H16N2O5. The summed E-state index contributed by atoms with van der Waals surface area (Å²) in [7, 11) is 1.49. The van der Waals surface area contributed by atoms with E-state index in [9.17, 15) is 14.4 Å². The summed E-state index contributed by atoms with van der Waals surface area (Å²) in [6.45, 7) is 2.62. The quantitative estimate of drug-likeness (QED) is 0.733. The number of hydrogen-bond donors (Lipinski definition) is 3. The molecule has 0 spiro atoms. The average Bonchev–Trinajstić information content (AvgIpc) is 2.45. The Morgan fingerprint density at radius 3 is 2.38 bits per heavy atom. The van der Waals surface area contributed by atoms with Crippen molar-refractivity contribution in [2.45, 2.75) is 13.8 Å². The number of imide groups is 1. The molecule has 7 heteroatoms. The molecule has 0 aromatic heterocycles. The van der Waals surface area contributed by atoms with Crippen molar-refractivity contribution in [1.82, 2.24) is 5.32 Å². The Kier molecular flexibility index (Phi) is 5.48. The lowest BCUT2D eigenvalue weighted by Gasteiger charge is -2.09. The molecule has 112 valence electrons. The highest BCUT2D eigenvalue weighted by Crippen LogP contribution is 2.16. The number of carbonyl (C=O) groups excluding carboxylic acids is 2. The summed E-state index contributed by atoms with van der Waals surface area (Å²) in [5.74, 6) is -1.43. The van der Waals surface area contributed by atoms with E-state index < -0.39 is 17.9 Å². The van der Waals surface area contributed by atoms with Crippen LogP contribution in [0.15, 0.2) is 35.4 Å². The third kappa shape index (κ3) is 4.64. The van der Waals surface area contributed by atoms with E-state index in [1.807, 2.05) is 0 Å². The van der Waals surface area contributed by atoms with Gasteiger partial charge in [-0.05, 0) is 26.0 Å². The largest absolute Gasteiger partial charge is 0.497 e. The minimum atomic E-state index is -1.21. The maximum Gasteiger partial charge on any atom is 0.331 e. The summed E-state index contributed by atoms with van der Waals surface area (Å²) in [5.41, 5.74) is 0.279. The van der Waals surface area contributed by atoms with Gasteiger partial charge in [-0.2, -0.15) is 0 Å². The van der Waals surface area contributed by atoms with Crippen molar-refractivity contribution in [3.05, 3.63) is 35.4 Å². The van der Waals surface area contributed by atoms with Gasteiger partial charge in [0.25, 0.3) is 5.91 Å². The molecule has 0 aliphatic carbocycles. The van der Waals surface area contributed by atoms with Crippen LogP contribution in [0.1, 0.15) is 13.8 Å². The number of carboxylic acids is 1. The van der Waals surface area contributed by atoms with Gasteiger partial charge in [0.05, 0.1) is 7.11 Å². The van der Waals surface area contributed by atoms with E-state index in [0.717, 1.165) is 0 Å². The van der Waals surface area contributed by atoms with E-state index in [4.69, 9.17) is 9.84 Å².